The van der Waals surface area contributed by atoms with Gasteiger partial charge >= 0.3 is 11.9 Å². The number of fused-ring (bicyclic) bond motifs is 2. The molecule has 6 heteroatoms. The standard InChI is InChI=1S/C21H28O5S/c1-20(2)14-10-11-21(20,16(22)12-14)13-27(15-8-6-5-7-9-15)17(18(23)25-3)19(24)26-4/h5-9,14,16,22H,10-13H2,1-4H3/t14-,16-,21-,27?/m1/s1. The van der Waals surface area contributed by atoms with Crippen LogP contribution in [-0.2, 0) is 19.1 Å². The zero-order valence-electron chi connectivity index (χ0n) is 16.4. The van der Waals surface area contributed by atoms with E-state index in [0.29, 0.717) is 11.7 Å². The lowest BCUT2D eigenvalue weighted by atomic mass is 9.70. The third kappa shape index (κ3) is 3.13. The van der Waals surface area contributed by atoms with Crippen LogP contribution in [0.1, 0.15) is 33.1 Å². The fourth-order valence-corrected chi connectivity index (χ4v) is 7.79. The number of ether oxygens (including phenoxy) is 2. The molecule has 2 fully saturated rings. The van der Waals surface area contributed by atoms with Gasteiger partial charge in [-0.3, -0.25) is 0 Å². The maximum absolute atomic E-state index is 12.5. The van der Waals surface area contributed by atoms with Gasteiger partial charge in [0.15, 0.2) is 4.86 Å². The van der Waals surface area contributed by atoms with Crippen LogP contribution in [0, 0.1) is 16.7 Å². The van der Waals surface area contributed by atoms with Crippen molar-refractivity contribution in [2.75, 3.05) is 20.0 Å². The molecule has 148 valence electrons. The number of aliphatic hydroxyl groups excluding tert-OH is 1. The van der Waals surface area contributed by atoms with Gasteiger partial charge in [0.05, 0.1) is 20.3 Å². The van der Waals surface area contributed by atoms with Gasteiger partial charge in [-0.05, 0) is 42.7 Å². The molecule has 0 heterocycles. The number of esters is 2. The van der Waals surface area contributed by atoms with Crippen LogP contribution in [0.5, 0.6) is 0 Å². The van der Waals surface area contributed by atoms with Crippen molar-refractivity contribution in [3.8, 4) is 0 Å². The van der Waals surface area contributed by atoms with E-state index in [4.69, 9.17) is 9.47 Å². The smallest absolute Gasteiger partial charge is 0.351 e. The summed E-state index contributed by atoms with van der Waals surface area (Å²) >= 11 is 0. The Hall–Kier alpha value is -1.66. The van der Waals surface area contributed by atoms with E-state index in [2.05, 4.69) is 13.8 Å². The molecule has 1 aromatic rings. The number of aliphatic hydroxyl groups is 1. The Bertz CT molecular complexity index is 752. The summed E-state index contributed by atoms with van der Waals surface area (Å²) in [5.41, 5.74) is -0.381. The maximum atomic E-state index is 12.5. The average molecular weight is 393 g/mol. The summed E-state index contributed by atoms with van der Waals surface area (Å²) in [4.78, 5) is 26.0. The molecule has 4 atom stereocenters. The first-order valence-electron chi connectivity index (χ1n) is 9.26. The van der Waals surface area contributed by atoms with Crippen LogP contribution in [0.3, 0.4) is 0 Å². The largest absolute Gasteiger partial charge is 0.465 e. The Morgan fingerprint density at radius 3 is 2.19 bits per heavy atom. The van der Waals surface area contributed by atoms with Gasteiger partial charge in [-0.25, -0.2) is 9.59 Å². The monoisotopic (exact) mass is 392 g/mol. The normalized spacial score (nSPS) is 29.2. The Labute approximate surface area is 163 Å². The third-order valence-electron chi connectivity index (χ3n) is 6.81. The number of methoxy groups -OCH3 is 2. The molecule has 5 nitrogen and oxygen atoms in total. The van der Waals surface area contributed by atoms with Crippen LogP contribution < -0.4 is 0 Å². The number of carbonyl (C=O) groups excluding carboxylic acids is 2. The SMILES string of the molecule is COC(=O)C(C(=O)OC)=S(C[C@]12CC[C@H](C[C@H]1O)C2(C)C)c1ccccc1. The Balaban J connectivity index is 2.18. The zero-order chi connectivity index (χ0) is 19.8. The van der Waals surface area contributed by atoms with Crippen LogP contribution >= 0.6 is 10.5 Å². The Morgan fingerprint density at radius 1 is 1.15 bits per heavy atom. The topological polar surface area (TPSA) is 72.8 Å². The second-order valence-electron chi connectivity index (χ2n) is 8.03. The molecule has 1 aromatic carbocycles. The molecule has 2 bridgehead atoms. The Morgan fingerprint density at radius 2 is 1.74 bits per heavy atom. The summed E-state index contributed by atoms with van der Waals surface area (Å²) in [5, 5.41) is 10.9. The van der Waals surface area contributed by atoms with E-state index >= 15 is 0 Å². The third-order valence-corrected chi connectivity index (χ3v) is 9.28. The summed E-state index contributed by atoms with van der Waals surface area (Å²) in [6.07, 6.45) is 2.33. The van der Waals surface area contributed by atoms with Gasteiger partial charge in [-0.15, -0.1) is 10.5 Å². The van der Waals surface area contributed by atoms with Crippen molar-refractivity contribution >= 4 is 27.3 Å². The molecule has 0 aliphatic heterocycles. The number of carbonyl (C=O) groups is 2. The maximum Gasteiger partial charge on any atom is 0.351 e. The number of rotatable bonds is 5. The molecule has 2 aliphatic carbocycles. The quantitative estimate of drug-likeness (QED) is 0.474. The molecule has 0 radical (unpaired) electrons. The van der Waals surface area contributed by atoms with Crippen LogP contribution in [-0.4, -0.2) is 48.0 Å². The number of hydrogen-bond acceptors (Lipinski definition) is 5. The van der Waals surface area contributed by atoms with Gasteiger partial charge < -0.3 is 14.6 Å². The molecule has 0 amide bonds. The fourth-order valence-electron chi connectivity index (χ4n) is 4.96. The molecule has 3 rings (SSSR count). The van der Waals surface area contributed by atoms with E-state index in [1.165, 1.54) is 14.2 Å². The van der Waals surface area contributed by atoms with Crippen LogP contribution in [0.2, 0.25) is 0 Å². The van der Waals surface area contributed by atoms with E-state index in [1.54, 1.807) is 0 Å². The highest BCUT2D eigenvalue weighted by Gasteiger charge is 2.63. The summed E-state index contributed by atoms with van der Waals surface area (Å²) in [7, 11) is 1.70. The highest BCUT2D eigenvalue weighted by molar-refractivity contribution is 8.18. The lowest BCUT2D eigenvalue weighted by Crippen LogP contribution is -2.42. The molecule has 2 aliphatic rings. The highest BCUT2D eigenvalue weighted by atomic mass is 32.2. The van der Waals surface area contributed by atoms with E-state index < -0.39 is 28.5 Å². The molecule has 0 saturated heterocycles. The summed E-state index contributed by atoms with van der Waals surface area (Å²) in [6, 6.07) is 9.54. The van der Waals surface area contributed by atoms with Crippen molar-refractivity contribution in [1.29, 1.82) is 0 Å². The van der Waals surface area contributed by atoms with Crippen LogP contribution in [0.15, 0.2) is 35.2 Å². The second kappa shape index (κ2) is 7.40. The zero-order valence-corrected chi connectivity index (χ0v) is 17.2. The van der Waals surface area contributed by atoms with Gasteiger partial charge in [0.2, 0.25) is 0 Å². The van der Waals surface area contributed by atoms with E-state index in [-0.39, 0.29) is 15.7 Å². The predicted molar refractivity (Wildman–Crippen MR) is 106 cm³/mol. The molecule has 0 spiro atoms. The van der Waals surface area contributed by atoms with Crippen molar-refractivity contribution in [2.24, 2.45) is 16.7 Å². The van der Waals surface area contributed by atoms with Crippen LogP contribution in [0.4, 0.5) is 0 Å². The number of benzene rings is 1. The minimum Gasteiger partial charge on any atom is -0.465 e. The lowest BCUT2D eigenvalue weighted by molar-refractivity contribution is -0.137. The minimum atomic E-state index is -0.848. The molecule has 0 aromatic heterocycles. The first-order chi connectivity index (χ1) is 12.8. The van der Waals surface area contributed by atoms with E-state index in [0.717, 1.165) is 24.2 Å². The fraction of sp³-hybridized carbons (Fsp3) is 0.571. The predicted octanol–water partition coefficient (Wildman–Crippen LogP) is 3.02. The molecule has 27 heavy (non-hydrogen) atoms. The lowest BCUT2D eigenvalue weighted by Gasteiger charge is -2.41. The van der Waals surface area contributed by atoms with Gasteiger partial charge in [0, 0.05) is 16.1 Å². The molecular formula is C21H28O5S. The molecular weight excluding hydrogens is 364 g/mol. The molecule has 1 unspecified atom stereocenters. The summed E-state index contributed by atoms with van der Waals surface area (Å²) < 4.78 is 9.85. The second-order valence-corrected chi connectivity index (χ2v) is 9.98. The van der Waals surface area contributed by atoms with Crippen molar-refractivity contribution in [3.63, 3.8) is 0 Å². The number of hydrogen-bond donors (Lipinski definition) is 1. The van der Waals surface area contributed by atoms with Crippen molar-refractivity contribution in [3.05, 3.63) is 30.3 Å². The molecule has 1 N–H and O–H groups in total. The van der Waals surface area contributed by atoms with Crippen molar-refractivity contribution in [2.45, 2.75) is 44.1 Å². The van der Waals surface area contributed by atoms with Gasteiger partial charge in [-0.2, -0.15) is 0 Å². The van der Waals surface area contributed by atoms with Gasteiger partial charge in [0.1, 0.15) is 0 Å². The highest BCUT2D eigenvalue weighted by Crippen LogP contribution is 2.67. The van der Waals surface area contributed by atoms with E-state index in [9.17, 15) is 14.7 Å². The first kappa shape index (κ1) is 20.1. The van der Waals surface area contributed by atoms with Crippen LogP contribution in [0.25, 0.3) is 0 Å². The van der Waals surface area contributed by atoms with Gasteiger partial charge in [-0.1, -0.05) is 32.0 Å². The minimum absolute atomic E-state index is 0.0268. The van der Waals surface area contributed by atoms with Crippen molar-refractivity contribution in [1.82, 2.24) is 0 Å². The average Bonchev–Trinajstić information content (AvgIpc) is 3.02. The summed E-state index contributed by atoms with van der Waals surface area (Å²) in [6.45, 7) is 4.42. The van der Waals surface area contributed by atoms with Crippen molar-refractivity contribution < 1.29 is 24.2 Å². The molecule has 2 saturated carbocycles. The van der Waals surface area contributed by atoms with E-state index in [1.807, 2.05) is 30.3 Å². The Kier molecular flexibility index (Phi) is 5.50. The first-order valence-corrected chi connectivity index (χ1v) is 10.7. The summed E-state index contributed by atoms with van der Waals surface area (Å²) in [5.74, 6) is -0.315. The van der Waals surface area contributed by atoms with Gasteiger partial charge in [0.25, 0.3) is 0 Å².